The summed E-state index contributed by atoms with van der Waals surface area (Å²) < 4.78 is 14.6. The second kappa shape index (κ2) is 5.46. The summed E-state index contributed by atoms with van der Waals surface area (Å²) in [5, 5.41) is 9.20. The van der Waals surface area contributed by atoms with Gasteiger partial charge in [0.25, 0.3) is 0 Å². The zero-order valence-corrected chi connectivity index (χ0v) is 11.3. The number of hydrogen-bond acceptors (Lipinski definition) is 2. The molecule has 0 aliphatic heterocycles. The summed E-state index contributed by atoms with van der Waals surface area (Å²) in [5.74, 6) is -1.73. The minimum absolute atomic E-state index is 0.250. The molecule has 20 heavy (non-hydrogen) atoms. The van der Waals surface area contributed by atoms with Crippen LogP contribution in [-0.2, 0) is 6.54 Å². The molecular weight excluding hydrogens is 285 g/mol. The molecule has 1 aromatic heterocycles. The van der Waals surface area contributed by atoms with Crippen molar-refractivity contribution in [2.75, 3.05) is 0 Å². The third-order valence-corrected chi connectivity index (χ3v) is 3.28. The van der Waals surface area contributed by atoms with Gasteiger partial charge in [-0.15, -0.1) is 0 Å². The molecule has 2 rings (SSSR count). The highest BCUT2D eigenvalue weighted by atomic mass is 35.5. The van der Waals surface area contributed by atoms with E-state index in [1.54, 1.807) is 11.5 Å². The number of carboxylic acid groups (broad SMARTS) is 1. The molecule has 1 aromatic carbocycles. The Morgan fingerprint density at radius 2 is 2.10 bits per heavy atom. The zero-order valence-electron chi connectivity index (χ0n) is 10.6. The van der Waals surface area contributed by atoms with Crippen LogP contribution in [0.25, 0.3) is 0 Å². The van der Waals surface area contributed by atoms with Gasteiger partial charge in [-0.05, 0) is 24.6 Å². The first kappa shape index (κ1) is 14.3. The molecule has 0 unspecified atom stereocenters. The number of aryl methyl sites for hydroxylation is 1. The van der Waals surface area contributed by atoms with Gasteiger partial charge in [0.15, 0.2) is 5.43 Å². The Hall–Kier alpha value is -2.14. The van der Waals surface area contributed by atoms with Crippen LogP contribution < -0.4 is 5.43 Å². The highest BCUT2D eigenvalue weighted by molar-refractivity contribution is 6.31. The van der Waals surface area contributed by atoms with Gasteiger partial charge in [-0.2, -0.15) is 0 Å². The summed E-state index contributed by atoms with van der Waals surface area (Å²) in [6, 6.07) is 5.24. The normalized spacial score (nSPS) is 10.6. The quantitative estimate of drug-likeness (QED) is 0.947. The first-order valence-corrected chi connectivity index (χ1v) is 6.14. The van der Waals surface area contributed by atoms with E-state index in [2.05, 4.69) is 0 Å². The van der Waals surface area contributed by atoms with Crippen molar-refractivity contribution in [3.63, 3.8) is 0 Å². The summed E-state index contributed by atoms with van der Waals surface area (Å²) in [5.41, 5.74) is 0.377. The molecular formula is C14H11ClFNO3. The van der Waals surface area contributed by atoms with Gasteiger partial charge in [0.05, 0.1) is 0 Å². The first-order valence-electron chi connectivity index (χ1n) is 5.77. The Morgan fingerprint density at radius 3 is 2.70 bits per heavy atom. The lowest BCUT2D eigenvalue weighted by Crippen LogP contribution is -2.19. The Bertz CT molecular complexity index is 740. The lowest BCUT2D eigenvalue weighted by Gasteiger charge is -2.12. The van der Waals surface area contributed by atoms with E-state index in [-0.39, 0.29) is 17.1 Å². The first-order chi connectivity index (χ1) is 9.38. The van der Waals surface area contributed by atoms with Crippen LogP contribution >= 0.6 is 11.6 Å². The van der Waals surface area contributed by atoms with Crippen LogP contribution in [0.1, 0.15) is 21.6 Å². The molecule has 0 aliphatic carbocycles. The molecule has 0 spiro atoms. The number of carbonyl (C=O) groups is 1. The van der Waals surface area contributed by atoms with E-state index < -0.39 is 17.2 Å². The number of rotatable bonds is 3. The van der Waals surface area contributed by atoms with Gasteiger partial charge in [-0.25, -0.2) is 9.18 Å². The van der Waals surface area contributed by atoms with E-state index in [0.717, 1.165) is 0 Å². The van der Waals surface area contributed by atoms with Crippen molar-refractivity contribution in [1.82, 2.24) is 4.57 Å². The van der Waals surface area contributed by atoms with Gasteiger partial charge in [-0.3, -0.25) is 4.79 Å². The van der Waals surface area contributed by atoms with E-state index in [0.29, 0.717) is 11.3 Å². The van der Waals surface area contributed by atoms with Gasteiger partial charge < -0.3 is 9.67 Å². The van der Waals surface area contributed by atoms with E-state index in [1.807, 2.05) is 0 Å². The van der Waals surface area contributed by atoms with Crippen molar-refractivity contribution >= 4 is 17.6 Å². The second-order valence-corrected chi connectivity index (χ2v) is 4.77. The molecule has 0 amide bonds. The van der Waals surface area contributed by atoms with Gasteiger partial charge in [0, 0.05) is 29.5 Å². The van der Waals surface area contributed by atoms with Crippen LogP contribution in [0.15, 0.2) is 35.3 Å². The third-order valence-electron chi connectivity index (χ3n) is 2.93. The number of halogens is 2. The second-order valence-electron chi connectivity index (χ2n) is 4.36. The van der Waals surface area contributed by atoms with Gasteiger partial charge in [-0.1, -0.05) is 17.7 Å². The van der Waals surface area contributed by atoms with Gasteiger partial charge in [0.1, 0.15) is 11.4 Å². The molecule has 0 atom stereocenters. The van der Waals surface area contributed by atoms with Crippen molar-refractivity contribution < 1.29 is 14.3 Å². The maximum Gasteiger partial charge on any atom is 0.341 e. The van der Waals surface area contributed by atoms with Gasteiger partial charge in [0.2, 0.25) is 0 Å². The molecule has 4 nitrogen and oxygen atoms in total. The predicted molar refractivity (Wildman–Crippen MR) is 72.9 cm³/mol. The van der Waals surface area contributed by atoms with Crippen LogP contribution in [0, 0.1) is 12.7 Å². The van der Waals surface area contributed by atoms with Crippen molar-refractivity contribution in [1.29, 1.82) is 0 Å². The Kier molecular flexibility index (Phi) is 3.90. The topological polar surface area (TPSA) is 59.3 Å². The summed E-state index contributed by atoms with van der Waals surface area (Å²) in [7, 11) is 0. The number of aromatic nitrogens is 1. The number of benzene rings is 1. The lowest BCUT2D eigenvalue weighted by molar-refractivity contribution is 0.0694. The average Bonchev–Trinajstić information content (AvgIpc) is 2.35. The molecule has 1 heterocycles. The summed E-state index contributed by atoms with van der Waals surface area (Å²) in [6.45, 7) is 1.94. The van der Waals surface area contributed by atoms with Crippen LogP contribution in [0.4, 0.5) is 4.39 Å². The highest BCUT2D eigenvalue weighted by Gasteiger charge is 2.11. The molecule has 0 aliphatic rings. The molecule has 0 fully saturated rings. The largest absolute Gasteiger partial charge is 0.477 e. The van der Waals surface area contributed by atoms with E-state index in [4.69, 9.17) is 16.7 Å². The molecule has 1 N–H and O–H groups in total. The minimum atomic E-state index is -1.28. The van der Waals surface area contributed by atoms with Gasteiger partial charge >= 0.3 is 5.97 Å². The monoisotopic (exact) mass is 295 g/mol. The number of nitrogens with zero attached hydrogens (tertiary/aromatic N) is 1. The van der Waals surface area contributed by atoms with E-state index >= 15 is 0 Å². The average molecular weight is 296 g/mol. The summed E-state index contributed by atoms with van der Waals surface area (Å²) >= 11 is 5.93. The van der Waals surface area contributed by atoms with E-state index in [9.17, 15) is 14.0 Å². The maximum atomic E-state index is 13.0. The number of hydrogen-bond donors (Lipinski definition) is 1. The number of carboxylic acids is 1. The fraction of sp³-hybridized carbons (Fsp3) is 0.143. The Morgan fingerprint density at radius 1 is 1.40 bits per heavy atom. The lowest BCUT2D eigenvalue weighted by atomic mass is 10.2. The molecule has 2 aromatic rings. The summed E-state index contributed by atoms with van der Waals surface area (Å²) in [6.07, 6.45) is 1.26. The van der Waals surface area contributed by atoms with Crippen molar-refractivity contribution in [3.8, 4) is 0 Å². The Labute approximate surface area is 119 Å². The standard InChI is InChI=1S/C14H11ClFNO3/c1-8-4-13(18)11(14(19)20)7-17(8)6-9-2-3-10(16)5-12(9)15/h2-5,7H,6H2,1H3,(H,19,20). The smallest absolute Gasteiger partial charge is 0.341 e. The Balaban J connectivity index is 2.45. The summed E-state index contributed by atoms with van der Waals surface area (Å²) in [4.78, 5) is 22.5. The fourth-order valence-electron chi connectivity index (χ4n) is 1.84. The van der Waals surface area contributed by atoms with Crippen LogP contribution in [-0.4, -0.2) is 15.6 Å². The van der Waals surface area contributed by atoms with E-state index in [1.165, 1.54) is 30.5 Å². The van der Waals surface area contributed by atoms with Crippen LogP contribution in [0.3, 0.4) is 0 Å². The molecule has 104 valence electrons. The van der Waals surface area contributed by atoms with Crippen LogP contribution in [0.2, 0.25) is 5.02 Å². The molecule has 0 saturated heterocycles. The number of pyridine rings is 1. The van der Waals surface area contributed by atoms with Crippen molar-refractivity contribution in [2.45, 2.75) is 13.5 Å². The SMILES string of the molecule is Cc1cc(=O)c(C(=O)O)cn1Cc1ccc(F)cc1Cl. The molecule has 0 saturated carbocycles. The minimum Gasteiger partial charge on any atom is -0.477 e. The van der Waals surface area contributed by atoms with Crippen molar-refractivity contribution in [3.05, 3.63) is 68.3 Å². The molecule has 0 radical (unpaired) electrons. The number of aromatic carboxylic acids is 1. The maximum absolute atomic E-state index is 13.0. The fourth-order valence-corrected chi connectivity index (χ4v) is 2.06. The molecule has 6 heteroatoms. The zero-order chi connectivity index (χ0) is 14.9. The molecule has 0 bridgehead atoms. The van der Waals surface area contributed by atoms with Crippen LogP contribution in [0.5, 0.6) is 0 Å². The highest BCUT2D eigenvalue weighted by Crippen LogP contribution is 2.19. The predicted octanol–water partition coefficient (Wildman–Crippen LogP) is 2.70. The van der Waals surface area contributed by atoms with Crippen molar-refractivity contribution in [2.24, 2.45) is 0 Å². The third kappa shape index (κ3) is 2.88.